The predicted octanol–water partition coefficient (Wildman–Crippen LogP) is 1.72. The molecular weight excluding hydrogens is 234 g/mol. The van der Waals surface area contributed by atoms with Gasteiger partial charge in [-0.15, -0.1) is 0 Å². The number of hydrazine groups is 1. The first kappa shape index (κ1) is 10.3. The zero-order valence-corrected chi connectivity index (χ0v) is 9.10. The second kappa shape index (κ2) is 4.13. The molecule has 2 rings (SSSR count). The molecule has 1 heterocycles. The fourth-order valence-electron chi connectivity index (χ4n) is 1.24. The molecule has 1 saturated heterocycles. The van der Waals surface area contributed by atoms with Crippen LogP contribution in [0.15, 0.2) is 24.3 Å². The molecule has 0 aliphatic carbocycles. The molecule has 2 N–H and O–H groups in total. The summed E-state index contributed by atoms with van der Waals surface area (Å²) < 4.78 is 0.645. The van der Waals surface area contributed by atoms with Crippen LogP contribution >= 0.6 is 24.0 Å². The second-order valence-electron chi connectivity index (χ2n) is 2.91. The number of nitro benzene ring substituents is 1. The summed E-state index contributed by atoms with van der Waals surface area (Å²) >= 11 is 6.36. The maximum absolute atomic E-state index is 10.6. The van der Waals surface area contributed by atoms with Crippen molar-refractivity contribution in [2.24, 2.45) is 0 Å². The van der Waals surface area contributed by atoms with Crippen molar-refractivity contribution >= 4 is 34.0 Å². The molecule has 1 fully saturated rings. The van der Waals surface area contributed by atoms with Crippen molar-refractivity contribution in [2.45, 2.75) is 5.37 Å². The van der Waals surface area contributed by atoms with Crippen molar-refractivity contribution in [3.05, 3.63) is 39.9 Å². The Hall–Kier alpha value is -1.18. The Balaban J connectivity index is 2.25. The Labute approximate surface area is 95.4 Å². The Morgan fingerprint density at radius 3 is 2.93 bits per heavy atom. The second-order valence-corrected chi connectivity index (χ2v) is 4.69. The molecule has 0 saturated carbocycles. The van der Waals surface area contributed by atoms with Crippen LogP contribution in [0.5, 0.6) is 0 Å². The number of hydrogen-bond donors (Lipinski definition) is 2. The molecule has 0 radical (unpaired) electrons. The Morgan fingerprint density at radius 1 is 1.53 bits per heavy atom. The van der Waals surface area contributed by atoms with E-state index in [0.29, 0.717) is 4.32 Å². The van der Waals surface area contributed by atoms with E-state index in [9.17, 15) is 10.1 Å². The average molecular weight is 241 g/mol. The number of thiocarbonyl (C=S) groups is 1. The van der Waals surface area contributed by atoms with Gasteiger partial charge in [-0.2, -0.15) is 0 Å². The van der Waals surface area contributed by atoms with Gasteiger partial charge in [0.05, 0.1) is 4.92 Å². The van der Waals surface area contributed by atoms with Gasteiger partial charge in [-0.1, -0.05) is 36.1 Å². The van der Waals surface area contributed by atoms with Crippen LogP contribution in [0.25, 0.3) is 0 Å². The van der Waals surface area contributed by atoms with Gasteiger partial charge in [0.15, 0.2) is 0 Å². The van der Waals surface area contributed by atoms with Crippen molar-refractivity contribution in [3.8, 4) is 0 Å². The number of non-ortho nitro benzene ring substituents is 1. The minimum atomic E-state index is -0.408. The van der Waals surface area contributed by atoms with Crippen molar-refractivity contribution < 1.29 is 4.92 Å². The molecule has 7 heteroatoms. The van der Waals surface area contributed by atoms with E-state index < -0.39 is 4.92 Å². The highest BCUT2D eigenvalue weighted by atomic mass is 32.2. The van der Waals surface area contributed by atoms with E-state index in [0.717, 1.165) is 5.56 Å². The van der Waals surface area contributed by atoms with Crippen LogP contribution in [-0.2, 0) is 0 Å². The molecule has 1 unspecified atom stereocenters. The quantitative estimate of drug-likeness (QED) is 0.467. The summed E-state index contributed by atoms with van der Waals surface area (Å²) in [6.45, 7) is 0. The summed E-state index contributed by atoms with van der Waals surface area (Å²) in [5.74, 6) is 0. The lowest BCUT2D eigenvalue weighted by molar-refractivity contribution is -0.384. The maximum atomic E-state index is 10.6. The largest absolute Gasteiger partial charge is 0.305 e. The first-order valence-corrected chi connectivity index (χ1v) is 5.42. The molecule has 5 nitrogen and oxygen atoms in total. The van der Waals surface area contributed by atoms with Crippen molar-refractivity contribution in [2.75, 3.05) is 0 Å². The van der Waals surface area contributed by atoms with E-state index in [1.807, 2.05) is 6.07 Å². The summed E-state index contributed by atoms with van der Waals surface area (Å²) in [4.78, 5) is 10.2. The average Bonchev–Trinajstić information content (AvgIpc) is 2.65. The summed E-state index contributed by atoms with van der Waals surface area (Å²) in [7, 11) is 0. The highest BCUT2D eigenvalue weighted by Crippen LogP contribution is 2.31. The molecule has 1 aliphatic rings. The lowest BCUT2D eigenvalue weighted by Gasteiger charge is -2.06. The van der Waals surface area contributed by atoms with Gasteiger partial charge in [0, 0.05) is 12.1 Å². The van der Waals surface area contributed by atoms with E-state index >= 15 is 0 Å². The lowest BCUT2D eigenvalue weighted by Crippen LogP contribution is -2.26. The van der Waals surface area contributed by atoms with Gasteiger partial charge in [-0.05, 0) is 5.56 Å². The number of rotatable bonds is 2. The summed E-state index contributed by atoms with van der Waals surface area (Å²) in [5, 5.41) is 10.5. The molecule has 1 aromatic carbocycles. The Kier molecular flexibility index (Phi) is 2.85. The van der Waals surface area contributed by atoms with E-state index in [1.165, 1.54) is 17.8 Å². The van der Waals surface area contributed by atoms with Gasteiger partial charge >= 0.3 is 0 Å². The summed E-state index contributed by atoms with van der Waals surface area (Å²) in [6.07, 6.45) is 0. The van der Waals surface area contributed by atoms with Gasteiger partial charge in [-0.25, -0.2) is 5.43 Å². The first-order chi connectivity index (χ1) is 7.16. The van der Waals surface area contributed by atoms with Gasteiger partial charge in [0.2, 0.25) is 0 Å². The molecule has 0 spiro atoms. The van der Waals surface area contributed by atoms with Crippen LogP contribution < -0.4 is 10.9 Å². The molecule has 1 aromatic rings. The molecular formula is C8H7N3O2S2. The number of hydrogen-bond acceptors (Lipinski definition) is 5. The number of benzene rings is 1. The van der Waals surface area contributed by atoms with E-state index in [1.54, 1.807) is 12.1 Å². The van der Waals surface area contributed by atoms with Gasteiger partial charge in [0.25, 0.3) is 5.69 Å². The van der Waals surface area contributed by atoms with Gasteiger partial charge in [-0.3, -0.25) is 10.1 Å². The van der Waals surface area contributed by atoms with Crippen LogP contribution in [0.4, 0.5) is 5.69 Å². The monoisotopic (exact) mass is 241 g/mol. The molecule has 15 heavy (non-hydrogen) atoms. The van der Waals surface area contributed by atoms with E-state index in [4.69, 9.17) is 12.2 Å². The third-order valence-electron chi connectivity index (χ3n) is 1.91. The van der Waals surface area contributed by atoms with Crippen LogP contribution in [0, 0.1) is 10.1 Å². The summed E-state index contributed by atoms with van der Waals surface area (Å²) in [6, 6.07) is 6.50. The zero-order valence-electron chi connectivity index (χ0n) is 7.47. The van der Waals surface area contributed by atoms with Gasteiger partial charge < -0.3 is 5.43 Å². The smallest absolute Gasteiger partial charge is 0.269 e. The van der Waals surface area contributed by atoms with Crippen molar-refractivity contribution in [3.63, 3.8) is 0 Å². The van der Waals surface area contributed by atoms with Crippen molar-refractivity contribution in [1.29, 1.82) is 0 Å². The third kappa shape index (κ3) is 2.25. The zero-order chi connectivity index (χ0) is 10.8. The van der Waals surface area contributed by atoms with E-state index in [-0.39, 0.29) is 11.1 Å². The normalized spacial score (nSPS) is 20.0. The van der Waals surface area contributed by atoms with Crippen molar-refractivity contribution in [1.82, 2.24) is 10.9 Å². The molecule has 0 bridgehead atoms. The van der Waals surface area contributed by atoms with E-state index in [2.05, 4.69) is 10.9 Å². The standard InChI is InChI=1S/C8H7N3O2S2/c12-11(13)6-3-1-2-5(4-6)7-9-10-8(14)15-7/h1-4,7,9H,(H,10,14). The molecule has 0 amide bonds. The van der Waals surface area contributed by atoms with Gasteiger partial charge in [0.1, 0.15) is 9.69 Å². The Bertz CT molecular complexity index is 424. The fourth-order valence-corrected chi connectivity index (χ4v) is 2.32. The highest BCUT2D eigenvalue weighted by molar-refractivity contribution is 8.23. The molecule has 78 valence electrons. The molecule has 1 atom stereocenters. The van der Waals surface area contributed by atoms with Crippen LogP contribution in [0.1, 0.15) is 10.9 Å². The SMILES string of the molecule is O=[N+]([O-])c1cccc(C2NNC(=S)S2)c1. The lowest BCUT2D eigenvalue weighted by atomic mass is 10.2. The van der Waals surface area contributed by atoms with Crippen LogP contribution in [-0.4, -0.2) is 9.24 Å². The molecule has 1 aliphatic heterocycles. The highest BCUT2D eigenvalue weighted by Gasteiger charge is 2.22. The minimum absolute atomic E-state index is 0.0580. The number of nitrogens with zero attached hydrogens (tertiary/aromatic N) is 1. The minimum Gasteiger partial charge on any atom is -0.305 e. The Morgan fingerprint density at radius 2 is 2.33 bits per heavy atom. The predicted molar refractivity (Wildman–Crippen MR) is 62.3 cm³/mol. The maximum Gasteiger partial charge on any atom is 0.269 e. The first-order valence-electron chi connectivity index (χ1n) is 4.13. The molecule has 0 aromatic heterocycles. The number of thioether (sulfide) groups is 1. The fraction of sp³-hybridized carbons (Fsp3) is 0.125. The van der Waals surface area contributed by atoms with Crippen LogP contribution in [0.2, 0.25) is 0 Å². The number of nitro groups is 1. The topological polar surface area (TPSA) is 67.2 Å². The van der Waals surface area contributed by atoms with Crippen LogP contribution in [0.3, 0.4) is 0 Å². The number of nitrogens with one attached hydrogen (secondary N) is 2. The summed E-state index contributed by atoms with van der Waals surface area (Å²) in [5.41, 5.74) is 6.65. The third-order valence-corrected chi connectivity index (χ3v) is 3.25.